The highest BCUT2D eigenvalue weighted by Crippen LogP contribution is 2.43. The van der Waals surface area contributed by atoms with Gasteiger partial charge in [-0.05, 0) is 67.3 Å². The average molecular weight is 1070 g/mol. The zero-order chi connectivity index (χ0) is 53.6. The number of amides is 2. The van der Waals surface area contributed by atoms with Crippen LogP contribution in [-0.2, 0) is 60.6 Å². The van der Waals surface area contributed by atoms with Crippen molar-refractivity contribution in [1.82, 2.24) is 16.0 Å². The Hall–Kier alpha value is -5.14. The number of aliphatic hydroxyl groups is 5. The Morgan fingerprint density at radius 3 is 1.43 bits per heavy atom. The first-order valence-electron chi connectivity index (χ1n) is 26.7. The minimum atomic E-state index is -1.65. The lowest BCUT2D eigenvalue weighted by atomic mass is 9.80. The van der Waals surface area contributed by atoms with Gasteiger partial charge in [-0.15, -0.1) is 0 Å². The third kappa shape index (κ3) is 12.7. The van der Waals surface area contributed by atoms with Crippen molar-refractivity contribution < 1.29 is 82.5 Å². The number of likely N-dealkylation sites (N-methyl/N-ethyl adjacent to an activating group) is 1. The predicted molar refractivity (Wildman–Crippen MR) is 272 cm³/mol. The van der Waals surface area contributed by atoms with Gasteiger partial charge < -0.3 is 88.9 Å². The minimum absolute atomic E-state index is 0.0481. The van der Waals surface area contributed by atoms with E-state index in [2.05, 4.69) is 16.0 Å². The molecule has 2 amide bonds. The van der Waals surface area contributed by atoms with Crippen molar-refractivity contribution in [1.29, 1.82) is 0 Å². The molecule has 1 aliphatic carbocycles. The van der Waals surface area contributed by atoms with Crippen molar-refractivity contribution >= 4 is 12.2 Å². The van der Waals surface area contributed by atoms with E-state index in [1.54, 1.807) is 19.2 Å². The lowest BCUT2D eigenvalue weighted by Gasteiger charge is -2.51. The molecule has 5 aliphatic heterocycles. The van der Waals surface area contributed by atoms with Gasteiger partial charge in [0.05, 0.1) is 43.2 Å². The molecule has 20 heteroatoms. The van der Waals surface area contributed by atoms with Crippen LogP contribution in [0.15, 0.2) is 121 Å². The molecular weight excluding hydrogens is 999 g/mol. The van der Waals surface area contributed by atoms with Gasteiger partial charge in [-0.1, -0.05) is 128 Å². The fourth-order valence-electron chi connectivity index (χ4n) is 11.6. The second-order valence-corrected chi connectivity index (χ2v) is 20.8. The highest BCUT2D eigenvalue weighted by atomic mass is 16.8. The lowest BCUT2D eigenvalue weighted by molar-refractivity contribution is -0.329. The molecule has 4 aromatic carbocycles. The minimum Gasteiger partial charge on any atom is -0.445 e. The van der Waals surface area contributed by atoms with Crippen molar-refractivity contribution in [3.8, 4) is 0 Å². The molecule has 10 rings (SSSR count). The van der Waals surface area contributed by atoms with Crippen LogP contribution in [0, 0.1) is 5.92 Å². The summed E-state index contributed by atoms with van der Waals surface area (Å²) in [5.74, 6) is -0.382. The van der Waals surface area contributed by atoms with Crippen molar-refractivity contribution in [3.05, 3.63) is 144 Å². The molecule has 6 fully saturated rings. The fraction of sp³-hybridized carbons (Fsp3) is 0.544. The van der Waals surface area contributed by atoms with Crippen LogP contribution in [0.2, 0.25) is 0 Å². The average Bonchev–Trinajstić information content (AvgIpc) is 3.82. The SMILES string of the molecule is CN[C@@H]1C[C@H](C)[C@@H](O[C@H]2O[C@@H]3CCC(c4ccccc4)O[C@H]3[C@H](O)[C@H]2NC(=O)OCc2ccccc2)[C@H](O[C@@H]2O[C@H](CO)[C@@H](O[C@H]3O[C@H]4CCC(c5ccccc5)O[C@H]4[C@H](O)[C@H]3NC(=O)OCc3ccccc3)[C@H]2O)[C@H]1O. The van der Waals surface area contributed by atoms with Crippen LogP contribution < -0.4 is 16.0 Å². The van der Waals surface area contributed by atoms with Crippen molar-refractivity contribution in [2.75, 3.05) is 13.7 Å². The van der Waals surface area contributed by atoms with E-state index in [1.807, 2.05) is 116 Å². The van der Waals surface area contributed by atoms with Crippen LogP contribution in [-0.4, -0.2) is 162 Å². The van der Waals surface area contributed by atoms with Crippen LogP contribution in [0.5, 0.6) is 0 Å². The maximum Gasteiger partial charge on any atom is 0.407 e. The molecule has 21 atom stereocenters. The molecule has 20 nitrogen and oxygen atoms in total. The topological polar surface area (TPSA) is 264 Å². The Labute approximate surface area is 447 Å². The van der Waals surface area contributed by atoms with Gasteiger partial charge in [-0.25, -0.2) is 9.59 Å². The molecule has 1 saturated carbocycles. The summed E-state index contributed by atoms with van der Waals surface area (Å²) >= 11 is 0. The summed E-state index contributed by atoms with van der Waals surface area (Å²) in [5, 5.41) is 67.9. The quantitative estimate of drug-likeness (QED) is 0.0793. The van der Waals surface area contributed by atoms with Gasteiger partial charge in [0.25, 0.3) is 0 Å². The maximum absolute atomic E-state index is 13.6. The first-order valence-corrected chi connectivity index (χ1v) is 26.7. The van der Waals surface area contributed by atoms with Crippen molar-refractivity contribution in [3.63, 3.8) is 0 Å². The number of carbonyl (C=O) groups is 2. The van der Waals surface area contributed by atoms with Gasteiger partial charge in [0.1, 0.15) is 74.1 Å². The smallest absolute Gasteiger partial charge is 0.407 e. The van der Waals surface area contributed by atoms with E-state index in [0.29, 0.717) is 32.1 Å². The molecular formula is C57H71N3O17. The molecule has 5 heterocycles. The first kappa shape index (κ1) is 55.2. The molecule has 0 bridgehead atoms. The van der Waals surface area contributed by atoms with E-state index in [-0.39, 0.29) is 31.3 Å². The van der Waals surface area contributed by atoms with Crippen LogP contribution >= 0.6 is 0 Å². The van der Waals surface area contributed by atoms with E-state index in [4.69, 9.17) is 47.4 Å². The number of fused-ring (bicyclic) bond motifs is 2. The molecule has 5 saturated heterocycles. The molecule has 0 spiro atoms. The zero-order valence-corrected chi connectivity index (χ0v) is 43.0. The van der Waals surface area contributed by atoms with E-state index < -0.39 is 129 Å². The monoisotopic (exact) mass is 1070 g/mol. The summed E-state index contributed by atoms with van der Waals surface area (Å²) in [4.78, 5) is 27.1. The molecule has 0 aromatic heterocycles. The largest absolute Gasteiger partial charge is 0.445 e. The third-order valence-corrected chi connectivity index (χ3v) is 15.7. The van der Waals surface area contributed by atoms with E-state index in [0.717, 1.165) is 22.3 Å². The Bertz CT molecular complexity index is 2490. The number of ether oxygens (including phenoxy) is 10. The summed E-state index contributed by atoms with van der Waals surface area (Å²) in [6, 6.07) is 34.4. The van der Waals surface area contributed by atoms with Crippen molar-refractivity contribution in [2.45, 2.75) is 175 Å². The number of carbonyl (C=O) groups excluding carboxylic acids is 2. The van der Waals surface area contributed by atoms with Crippen LogP contribution in [0.3, 0.4) is 0 Å². The molecule has 416 valence electrons. The molecule has 2 unspecified atom stereocenters. The zero-order valence-electron chi connectivity index (χ0n) is 43.0. The summed E-state index contributed by atoms with van der Waals surface area (Å²) in [6.07, 6.45) is -18.0. The number of hydrogen-bond donors (Lipinski definition) is 8. The Kier molecular flexibility index (Phi) is 18.1. The van der Waals surface area contributed by atoms with Gasteiger partial charge in [-0.2, -0.15) is 0 Å². The van der Waals surface area contributed by atoms with Gasteiger partial charge in [0.15, 0.2) is 18.9 Å². The Morgan fingerprint density at radius 1 is 0.532 bits per heavy atom. The molecule has 8 N–H and O–H groups in total. The van der Waals surface area contributed by atoms with E-state index in [1.165, 1.54) is 0 Å². The molecule has 77 heavy (non-hydrogen) atoms. The highest BCUT2D eigenvalue weighted by molar-refractivity contribution is 5.68. The Balaban J connectivity index is 0.868. The predicted octanol–water partition coefficient (Wildman–Crippen LogP) is 3.81. The number of nitrogens with one attached hydrogen (secondary N) is 3. The van der Waals surface area contributed by atoms with Crippen LogP contribution in [0.1, 0.15) is 73.5 Å². The second kappa shape index (κ2) is 25.3. The van der Waals surface area contributed by atoms with Gasteiger partial charge in [0.2, 0.25) is 0 Å². The molecule has 0 radical (unpaired) electrons. The number of benzene rings is 4. The first-order chi connectivity index (χ1) is 37.5. The Morgan fingerprint density at radius 2 is 0.974 bits per heavy atom. The highest BCUT2D eigenvalue weighted by Gasteiger charge is 2.57. The van der Waals surface area contributed by atoms with Gasteiger partial charge >= 0.3 is 12.2 Å². The van der Waals surface area contributed by atoms with Gasteiger partial charge in [-0.3, -0.25) is 0 Å². The number of aliphatic hydroxyl groups excluding tert-OH is 5. The second-order valence-electron chi connectivity index (χ2n) is 20.8. The molecule has 6 aliphatic rings. The van der Waals surface area contributed by atoms with E-state index in [9.17, 15) is 35.1 Å². The summed E-state index contributed by atoms with van der Waals surface area (Å²) in [7, 11) is 1.70. The lowest BCUT2D eigenvalue weighted by Crippen LogP contribution is -2.68. The van der Waals surface area contributed by atoms with E-state index >= 15 is 0 Å². The number of alkyl carbamates (subject to hydrolysis) is 2. The van der Waals surface area contributed by atoms with Gasteiger partial charge in [0, 0.05) is 6.04 Å². The normalized spacial score (nSPS) is 37.9. The number of hydrogen-bond acceptors (Lipinski definition) is 18. The summed E-state index contributed by atoms with van der Waals surface area (Å²) in [6.45, 7) is 1.12. The third-order valence-electron chi connectivity index (χ3n) is 15.7. The number of rotatable bonds is 16. The van der Waals surface area contributed by atoms with Crippen molar-refractivity contribution in [2.24, 2.45) is 5.92 Å². The summed E-state index contributed by atoms with van der Waals surface area (Å²) < 4.78 is 63.4. The fourth-order valence-corrected chi connectivity index (χ4v) is 11.6. The molecule has 4 aromatic rings. The summed E-state index contributed by atoms with van der Waals surface area (Å²) in [5.41, 5.74) is 3.33. The maximum atomic E-state index is 13.6. The standard InChI is InChI=1S/C57H71N3O17/c1-31-27-36(58-2)44(62)52(48(31)75-53-42(59-56(66)68-29-32-15-7-3-8-16-32)45(63)49-39(72-53)25-23-37(70-49)34-19-11-5-12-20-34)77-55-47(65)51(41(28-61)74-55)76-54-43(60-57(67)69-30-33-17-9-4-10-18-33)46(64)50-40(73-54)26-24-38(71-50)35-21-13-6-14-22-35/h3-22,31,36-55,58,61-65H,23-30H2,1-2H3,(H,59,66)(H,60,67)/t31-,36+,37?,38?,39+,40-,41+,42+,43+,44-,45+,46+,47+,48+,49+,50+,51+,52+,53+,54+,55-/m0/s1. The van der Waals surface area contributed by atoms with Crippen LogP contribution in [0.25, 0.3) is 0 Å². The van der Waals surface area contributed by atoms with Crippen LogP contribution in [0.4, 0.5) is 9.59 Å².